The standard InChI is InChI=1S/C18H20N2O3S/c1-23-18(22)17(14-8-10-24-12-14)19-11-16(21)20-9-4-6-13-5-2-3-7-15(13)20/h2-3,5,7-8,10,12,17,19H,4,6,9,11H2,1H3. The van der Waals surface area contributed by atoms with Crippen LogP contribution in [0.5, 0.6) is 0 Å². The molecule has 0 saturated heterocycles. The van der Waals surface area contributed by atoms with Gasteiger partial charge in [-0.15, -0.1) is 0 Å². The quantitative estimate of drug-likeness (QED) is 0.847. The Morgan fingerprint density at radius 2 is 2.17 bits per heavy atom. The van der Waals surface area contributed by atoms with Crippen LogP contribution in [0.1, 0.15) is 23.6 Å². The third-order valence-corrected chi connectivity index (χ3v) is 4.88. The Bertz CT molecular complexity index is 715. The number of esters is 1. The number of carbonyl (C=O) groups excluding carboxylic acids is 2. The maximum absolute atomic E-state index is 12.7. The maximum atomic E-state index is 12.7. The van der Waals surface area contributed by atoms with Crippen LogP contribution in [0.3, 0.4) is 0 Å². The van der Waals surface area contributed by atoms with Crippen molar-refractivity contribution in [2.45, 2.75) is 18.9 Å². The van der Waals surface area contributed by atoms with Gasteiger partial charge in [-0.25, -0.2) is 4.79 Å². The highest BCUT2D eigenvalue weighted by molar-refractivity contribution is 7.08. The third-order valence-electron chi connectivity index (χ3n) is 4.18. The highest BCUT2D eigenvalue weighted by atomic mass is 32.1. The van der Waals surface area contributed by atoms with E-state index in [-0.39, 0.29) is 18.4 Å². The molecule has 3 rings (SSSR count). The molecular formula is C18H20N2O3S. The Morgan fingerprint density at radius 3 is 2.92 bits per heavy atom. The van der Waals surface area contributed by atoms with E-state index in [4.69, 9.17) is 4.74 Å². The first-order valence-corrected chi connectivity index (χ1v) is 8.86. The number of nitrogens with one attached hydrogen (secondary N) is 1. The summed E-state index contributed by atoms with van der Waals surface area (Å²) in [5.74, 6) is -0.425. The van der Waals surface area contributed by atoms with Crippen LogP contribution in [0.2, 0.25) is 0 Å². The fourth-order valence-electron chi connectivity index (χ4n) is 2.97. The first kappa shape index (κ1) is 16.7. The van der Waals surface area contributed by atoms with Crippen LogP contribution in [0.4, 0.5) is 5.69 Å². The van der Waals surface area contributed by atoms with Crippen LogP contribution in [-0.4, -0.2) is 32.1 Å². The Morgan fingerprint density at radius 1 is 1.33 bits per heavy atom. The molecule has 1 aliphatic heterocycles. The zero-order valence-electron chi connectivity index (χ0n) is 13.5. The van der Waals surface area contributed by atoms with Crippen LogP contribution in [0.15, 0.2) is 41.1 Å². The molecule has 0 radical (unpaired) electrons. The summed E-state index contributed by atoms with van der Waals surface area (Å²) in [5.41, 5.74) is 2.99. The summed E-state index contributed by atoms with van der Waals surface area (Å²) in [6.07, 6.45) is 1.95. The SMILES string of the molecule is COC(=O)C(NCC(=O)N1CCCc2ccccc21)c1ccsc1. The van der Waals surface area contributed by atoms with Crippen molar-refractivity contribution >= 4 is 28.9 Å². The molecule has 1 atom stereocenters. The smallest absolute Gasteiger partial charge is 0.327 e. The summed E-state index contributed by atoms with van der Waals surface area (Å²) >= 11 is 1.51. The number of para-hydroxylation sites is 1. The molecule has 0 spiro atoms. The molecule has 2 aromatic rings. The second-order valence-electron chi connectivity index (χ2n) is 5.67. The van der Waals surface area contributed by atoms with E-state index in [0.29, 0.717) is 6.54 Å². The first-order valence-electron chi connectivity index (χ1n) is 7.92. The Hall–Kier alpha value is -2.18. The van der Waals surface area contributed by atoms with E-state index in [1.807, 2.05) is 35.0 Å². The fourth-order valence-corrected chi connectivity index (χ4v) is 3.66. The molecular weight excluding hydrogens is 324 g/mol. The number of ether oxygens (including phenoxy) is 1. The lowest BCUT2D eigenvalue weighted by Crippen LogP contribution is -2.43. The molecule has 1 amide bonds. The number of aryl methyl sites for hydroxylation is 1. The second kappa shape index (κ2) is 7.59. The van der Waals surface area contributed by atoms with Gasteiger partial charge in [-0.2, -0.15) is 11.3 Å². The Balaban J connectivity index is 1.70. The number of nitrogens with zero attached hydrogens (tertiary/aromatic N) is 1. The molecule has 5 nitrogen and oxygen atoms in total. The fraction of sp³-hybridized carbons (Fsp3) is 0.333. The minimum atomic E-state index is -0.620. The summed E-state index contributed by atoms with van der Waals surface area (Å²) < 4.78 is 4.85. The van der Waals surface area contributed by atoms with E-state index in [0.717, 1.165) is 24.1 Å². The van der Waals surface area contributed by atoms with Crippen LogP contribution < -0.4 is 10.2 Å². The number of anilines is 1. The van der Waals surface area contributed by atoms with Gasteiger partial charge in [-0.3, -0.25) is 10.1 Å². The summed E-state index contributed by atoms with van der Waals surface area (Å²) in [6.45, 7) is 0.794. The van der Waals surface area contributed by atoms with E-state index in [1.54, 1.807) is 4.90 Å². The largest absolute Gasteiger partial charge is 0.468 e. The van der Waals surface area contributed by atoms with Crippen LogP contribution in [0, 0.1) is 0 Å². The maximum Gasteiger partial charge on any atom is 0.327 e. The molecule has 1 aromatic heterocycles. The number of fused-ring (bicyclic) bond motifs is 1. The number of methoxy groups -OCH3 is 1. The molecule has 1 aromatic carbocycles. The van der Waals surface area contributed by atoms with Crippen molar-refractivity contribution in [3.63, 3.8) is 0 Å². The van der Waals surface area contributed by atoms with Crippen molar-refractivity contribution in [2.75, 3.05) is 25.1 Å². The predicted octanol–water partition coefficient (Wildman–Crippen LogP) is 2.53. The molecule has 0 saturated carbocycles. The molecule has 0 bridgehead atoms. The van der Waals surface area contributed by atoms with Gasteiger partial charge in [0.1, 0.15) is 6.04 Å². The molecule has 1 N–H and O–H groups in total. The van der Waals surface area contributed by atoms with Gasteiger partial charge >= 0.3 is 5.97 Å². The van der Waals surface area contributed by atoms with Gasteiger partial charge < -0.3 is 9.64 Å². The van der Waals surface area contributed by atoms with E-state index >= 15 is 0 Å². The topological polar surface area (TPSA) is 58.6 Å². The number of amides is 1. The summed E-state index contributed by atoms with van der Waals surface area (Å²) in [5, 5.41) is 6.82. The Labute approximate surface area is 145 Å². The average molecular weight is 344 g/mol. The molecule has 0 fully saturated rings. The van der Waals surface area contributed by atoms with Crippen molar-refractivity contribution < 1.29 is 14.3 Å². The van der Waals surface area contributed by atoms with Gasteiger partial charge in [0.25, 0.3) is 0 Å². The van der Waals surface area contributed by atoms with Gasteiger partial charge in [-0.05, 0) is 46.9 Å². The summed E-state index contributed by atoms with van der Waals surface area (Å²) in [4.78, 5) is 26.5. The minimum Gasteiger partial charge on any atom is -0.468 e. The Kier molecular flexibility index (Phi) is 5.27. The highest BCUT2D eigenvalue weighted by Crippen LogP contribution is 2.26. The zero-order valence-corrected chi connectivity index (χ0v) is 14.3. The lowest BCUT2D eigenvalue weighted by atomic mass is 10.0. The van der Waals surface area contributed by atoms with Gasteiger partial charge in [0.05, 0.1) is 13.7 Å². The van der Waals surface area contributed by atoms with E-state index in [9.17, 15) is 9.59 Å². The van der Waals surface area contributed by atoms with Gasteiger partial charge in [-0.1, -0.05) is 18.2 Å². The number of hydrogen-bond donors (Lipinski definition) is 1. The van der Waals surface area contributed by atoms with Gasteiger partial charge in [0.15, 0.2) is 0 Å². The first-order chi connectivity index (χ1) is 11.7. The normalized spacial score (nSPS) is 14.8. The number of carbonyl (C=O) groups is 2. The molecule has 2 heterocycles. The molecule has 24 heavy (non-hydrogen) atoms. The van der Waals surface area contributed by atoms with Crippen molar-refractivity contribution in [2.24, 2.45) is 0 Å². The third kappa shape index (κ3) is 3.49. The predicted molar refractivity (Wildman–Crippen MR) is 94.2 cm³/mol. The van der Waals surface area contributed by atoms with E-state index in [1.165, 1.54) is 24.0 Å². The number of hydrogen-bond acceptors (Lipinski definition) is 5. The minimum absolute atomic E-state index is 0.0358. The summed E-state index contributed by atoms with van der Waals surface area (Å²) in [7, 11) is 1.35. The number of thiophene rings is 1. The van der Waals surface area contributed by atoms with E-state index < -0.39 is 6.04 Å². The van der Waals surface area contributed by atoms with Crippen molar-refractivity contribution in [1.29, 1.82) is 0 Å². The van der Waals surface area contributed by atoms with Crippen LogP contribution in [0.25, 0.3) is 0 Å². The monoisotopic (exact) mass is 344 g/mol. The lowest BCUT2D eigenvalue weighted by molar-refractivity contribution is -0.143. The van der Waals surface area contributed by atoms with Crippen molar-refractivity contribution in [3.05, 3.63) is 52.2 Å². The molecule has 6 heteroatoms. The number of benzene rings is 1. The number of rotatable bonds is 5. The lowest BCUT2D eigenvalue weighted by Gasteiger charge is -2.30. The summed E-state index contributed by atoms with van der Waals surface area (Å²) in [6, 6.07) is 9.22. The van der Waals surface area contributed by atoms with Gasteiger partial charge in [0, 0.05) is 12.2 Å². The molecule has 126 valence electrons. The molecule has 1 unspecified atom stereocenters. The van der Waals surface area contributed by atoms with Gasteiger partial charge in [0.2, 0.25) is 5.91 Å². The highest BCUT2D eigenvalue weighted by Gasteiger charge is 2.26. The van der Waals surface area contributed by atoms with Crippen molar-refractivity contribution in [3.8, 4) is 0 Å². The second-order valence-corrected chi connectivity index (χ2v) is 6.45. The van der Waals surface area contributed by atoms with Crippen LogP contribution in [-0.2, 0) is 20.7 Å². The zero-order chi connectivity index (χ0) is 16.9. The molecule has 0 aliphatic carbocycles. The van der Waals surface area contributed by atoms with E-state index in [2.05, 4.69) is 11.4 Å². The van der Waals surface area contributed by atoms with Crippen LogP contribution >= 0.6 is 11.3 Å². The van der Waals surface area contributed by atoms with Crippen molar-refractivity contribution in [1.82, 2.24) is 5.32 Å². The average Bonchev–Trinajstić information content (AvgIpc) is 3.15. The molecule has 1 aliphatic rings.